The lowest BCUT2D eigenvalue weighted by atomic mass is 9.93. The molecular formula is C15H10N4OS. The Balaban J connectivity index is 2.27. The van der Waals surface area contributed by atoms with E-state index in [0.717, 1.165) is 17.1 Å². The minimum absolute atomic E-state index is 0.138. The molecule has 2 aromatic rings. The van der Waals surface area contributed by atoms with Gasteiger partial charge in [-0.25, -0.2) is 0 Å². The van der Waals surface area contributed by atoms with Gasteiger partial charge in [-0.05, 0) is 12.1 Å². The molecule has 0 aliphatic carbocycles. The van der Waals surface area contributed by atoms with Gasteiger partial charge in [0.25, 0.3) is 0 Å². The fraction of sp³-hybridized carbons (Fsp3) is 0.133. The molecule has 2 unspecified atom stereocenters. The Labute approximate surface area is 125 Å². The number of nitrogens with one attached hydrogen (secondary N) is 1. The highest BCUT2D eigenvalue weighted by molar-refractivity contribution is 8.14. The van der Waals surface area contributed by atoms with E-state index in [1.54, 1.807) is 6.07 Å². The quantitative estimate of drug-likeness (QED) is 0.840. The van der Waals surface area contributed by atoms with Crippen molar-refractivity contribution in [2.45, 2.75) is 5.37 Å². The minimum atomic E-state index is -0.815. The largest absolute Gasteiger partial charge is 0.456 e. The van der Waals surface area contributed by atoms with Gasteiger partial charge in [-0.1, -0.05) is 30.0 Å². The Morgan fingerprint density at radius 1 is 1.29 bits per heavy atom. The molecule has 1 aliphatic rings. The summed E-state index contributed by atoms with van der Waals surface area (Å²) in [6.07, 6.45) is 0. The van der Waals surface area contributed by atoms with Crippen molar-refractivity contribution in [3.05, 3.63) is 41.7 Å². The fourth-order valence-corrected chi connectivity index (χ4v) is 3.22. The molecule has 1 aliphatic heterocycles. The molecule has 3 N–H and O–H groups in total. The summed E-state index contributed by atoms with van der Waals surface area (Å²) >= 11 is 1.03. The van der Waals surface area contributed by atoms with E-state index in [0.29, 0.717) is 22.5 Å². The van der Waals surface area contributed by atoms with Gasteiger partial charge in [-0.3, -0.25) is 5.41 Å². The van der Waals surface area contributed by atoms with Crippen molar-refractivity contribution in [1.82, 2.24) is 0 Å². The number of furan rings is 1. The molecule has 1 aromatic heterocycles. The lowest BCUT2D eigenvalue weighted by molar-refractivity contribution is 0.594. The molecular weight excluding hydrogens is 284 g/mol. The molecule has 0 bridgehead atoms. The van der Waals surface area contributed by atoms with Gasteiger partial charge in [0.1, 0.15) is 17.3 Å². The number of nitrogens with zero attached hydrogens (tertiary/aromatic N) is 2. The van der Waals surface area contributed by atoms with Gasteiger partial charge in [0.15, 0.2) is 0 Å². The maximum absolute atomic E-state index is 9.34. The van der Waals surface area contributed by atoms with Crippen molar-refractivity contribution >= 4 is 33.3 Å². The summed E-state index contributed by atoms with van der Waals surface area (Å²) in [6, 6.07) is 13.3. The van der Waals surface area contributed by atoms with Crippen LogP contribution in [0.2, 0.25) is 0 Å². The van der Waals surface area contributed by atoms with Crippen LogP contribution in [0.15, 0.2) is 40.3 Å². The second-order valence-electron chi connectivity index (χ2n) is 4.55. The first kappa shape index (κ1) is 13.4. The summed E-state index contributed by atoms with van der Waals surface area (Å²) in [5, 5.41) is 27.0. The van der Waals surface area contributed by atoms with Crippen LogP contribution >= 0.6 is 11.8 Å². The molecule has 3 rings (SSSR count). The van der Waals surface area contributed by atoms with Crippen LogP contribution in [0, 0.1) is 34.0 Å². The number of hydrogen-bond donors (Lipinski definition) is 2. The number of nitriles is 2. The number of benzene rings is 1. The van der Waals surface area contributed by atoms with Gasteiger partial charge in [0, 0.05) is 11.0 Å². The van der Waals surface area contributed by atoms with Gasteiger partial charge in [0.2, 0.25) is 0 Å². The van der Waals surface area contributed by atoms with Crippen molar-refractivity contribution in [3.63, 3.8) is 0 Å². The molecule has 0 saturated heterocycles. The molecule has 0 saturated carbocycles. The third-order valence-electron chi connectivity index (χ3n) is 3.32. The number of nitrogens with two attached hydrogens (primary N) is 1. The standard InChI is InChI=1S/C15H10N4OS/c16-6-9-13(10(7-17)15(19)21-14(9)18)12-5-8-3-1-2-4-11(8)20-12/h1-5,9,15,18H,19H2. The molecule has 0 radical (unpaired) electrons. The van der Waals surface area contributed by atoms with Crippen LogP contribution in [-0.4, -0.2) is 10.4 Å². The van der Waals surface area contributed by atoms with Crippen LogP contribution in [0.1, 0.15) is 5.76 Å². The van der Waals surface area contributed by atoms with Gasteiger partial charge in [-0.2, -0.15) is 10.5 Å². The topological polar surface area (TPSA) is 111 Å². The van der Waals surface area contributed by atoms with Crippen LogP contribution in [0.4, 0.5) is 0 Å². The highest BCUT2D eigenvalue weighted by atomic mass is 32.2. The average molecular weight is 294 g/mol. The van der Waals surface area contributed by atoms with Crippen molar-refractivity contribution in [3.8, 4) is 12.1 Å². The molecule has 6 heteroatoms. The van der Waals surface area contributed by atoms with Gasteiger partial charge >= 0.3 is 0 Å². The Morgan fingerprint density at radius 3 is 2.71 bits per heavy atom. The monoisotopic (exact) mass is 294 g/mol. The van der Waals surface area contributed by atoms with Gasteiger partial charge in [-0.15, -0.1) is 0 Å². The normalized spacial score (nSPS) is 22.1. The van der Waals surface area contributed by atoms with Gasteiger partial charge in [0.05, 0.1) is 28.1 Å². The van der Waals surface area contributed by atoms with Crippen molar-refractivity contribution < 1.29 is 4.42 Å². The molecule has 5 nitrogen and oxygen atoms in total. The van der Waals surface area contributed by atoms with Crippen LogP contribution in [0.25, 0.3) is 16.5 Å². The summed E-state index contributed by atoms with van der Waals surface area (Å²) < 4.78 is 5.75. The minimum Gasteiger partial charge on any atom is -0.456 e. The predicted octanol–water partition coefficient (Wildman–Crippen LogP) is 2.86. The Hall–Kier alpha value is -2.54. The van der Waals surface area contributed by atoms with Crippen LogP contribution in [-0.2, 0) is 0 Å². The average Bonchev–Trinajstić information content (AvgIpc) is 2.90. The van der Waals surface area contributed by atoms with E-state index in [1.165, 1.54) is 0 Å². The van der Waals surface area contributed by atoms with E-state index in [2.05, 4.69) is 12.1 Å². The van der Waals surface area contributed by atoms with E-state index in [4.69, 9.17) is 15.6 Å². The number of para-hydroxylation sites is 1. The smallest absolute Gasteiger partial charge is 0.134 e. The summed E-state index contributed by atoms with van der Waals surface area (Å²) in [5.41, 5.74) is 7.29. The Morgan fingerprint density at radius 2 is 2.05 bits per heavy atom. The van der Waals surface area contributed by atoms with E-state index >= 15 is 0 Å². The van der Waals surface area contributed by atoms with E-state index < -0.39 is 11.3 Å². The Bertz CT molecular complexity index is 819. The van der Waals surface area contributed by atoms with Crippen molar-refractivity contribution in [2.75, 3.05) is 0 Å². The number of rotatable bonds is 1. The highest BCUT2D eigenvalue weighted by Gasteiger charge is 2.35. The first-order chi connectivity index (χ1) is 10.2. The Kier molecular flexibility index (Phi) is 3.26. The maximum atomic E-state index is 9.34. The molecule has 0 amide bonds. The van der Waals surface area contributed by atoms with Crippen LogP contribution in [0.5, 0.6) is 0 Å². The fourth-order valence-electron chi connectivity index (χ4n) is 2.34. The van der Waals surface area contributed by atoms with Crippen molar-refractivity contribution in [1.29, 1.82) is 15.9 Å². The van der Waals surface area contributed by atoms with Crippen LogP contribution in [0.3, 0.4) is 0 Å². The number of allylic oxidation sites excluding steroid dienone is 1. The zero-order valence-electron chi connectivity index (χ0n) is 10.8. The first-order valence-corrected chi connectivity index (χ1v) is 7.07. The zero-order valence-corrected chi connectivity index (χ0v) is 11.6. The van der Waals surface area contributed by atoms with E-state index in [1.807, 2.05) is 24.3 Å². The maximum Gasteiger partial charge on any atom is 0.134 e. The summed E-state index contributed by atoms with van der Waals surface area (Å²) in [4.78, 5) is 0. The second-order valence-corrected chi connectivity index (χ2v) is 5.74. The molecule has 2 atom stereocenters. The lowest BCUT2D eigenvalue weighted by Gasteiger charge is -2.24. The number of hydrogen-bond acceptors (Lipinski definition) is 6. The lowest BCUT2D eigenvalue weighted by Crippen LogP contribution is -2.30. The molecule has 1 aromatic carbocycles. The molecule has 0 fully saturated rings. The molecule has 21 heavy (non-hydrogen) atoms. The number of thioether (sulfide) groups is 1. The SMILES string of the molecule is N#CC1=C(c2cc3ccccc3o2)C(C#N)C(=N)SC1N. The zero-order chi connectivity index (χ0) is 15.0. The summed E-state index contributed by atoms with van der Waals surface area (Å²) in [7, 11) is 0. The molecule has 0 spiro atoms. The predicted molar refractivity (Wildman–Crippen MR) is 81.1 cm³/mol. The third kappa shape index (κ3) is 2.11. The number of fused-ring (bicyclic) bond motifs is 1. The second kappa shape index (κ2) is 5.10. The van der Waals surface area contributed by atoms with E-state index in [9.17, 15) is 10.5 Å². The van der Waals surface area contributed by atoms with Crippen LogP contribution < -0.4 is 5.73 Å². The third-order valence-corrected chi connectivity index (χ3v) is 4.30. The molecule has 2 heterocycles. The summed E-state index contributed by atoms with van der Waals surface area (Å²) in [6.45, 7) is 0. The molecule has 102 valence electrons. The van der Waals surface area contributed by atoms with E-state index in [-0.39, 0.29) is 5.04 Å². The highest BCUT2D eigenvalue weighted by Crippen LogP contribution is 2.40. The first-order valence-electron chi connectivity index (χ1n) is 6.19. The van der Waals surface area contributed by atoms with Gasteiger partial charge < -0.3 is 10.2 Å². The summed E-state index contributed by atoms with van der Waals surface area (Å²) in [5.74, 6) is -0.384. The van der Waals surface area contributed by atoms with Crippen molar-refractivity contribution in [2.24, 2.45) is 11.7 Å².